The number of allylic oxidation sites excluding steroid dienone is 2. The van der Waals surface area contributed by atoms with Crippen molar-refractivity contribution in [3.8, 4) is 6.07 Å². The molecule has 0 bridgehead atoms. The van der Waals surface area contributed by atoms with Gasteiger partial charge in [-0.15, -0.1) is 0 Å². The van der Waals surface area contributed by atoms with E-state index in [1.807, 2.05) is 6.92 Å². The van der Waals surface area contributed by atoms with Gasteiger partial charge in [0, 0.05) is 5.92 Å². The number of carbonyl (C=O) groups is 1. The van der Waals surface area contributed by atoms with Crippen molar-refractivity contribution >= 4 is 5.78 Å². The molecule has 0 saturated heterocycles. The minimum Gasteiger partial charge on any atom is -0.295 e. The number of hydrogen-bond acceptors (Lipinski definition) is 2. The molecular weight excluding hydrogens is 162 g/mol. The van der Waals surface area contributed by atoms with Crippen LogP contribution >= 0.6 is 0 Å². The largest absolute Gasteiger partial charge is 0.295 e. The van der Waals surface area contributed by atoms with Crippen LogP contribution in [0.4, 0.5) is 0 Å². The maximum Gasteiger partial charge on any atom is 0.159 e. The monoisotopic (exact) mass is 177 g/mol. The van der Waals surface area contributed by atoms with E-state index in [-0.39, 0.29) is 17.6 Å². The summed E-state index contributed by atoms with van der Waals surface area (Å²) in [6.45, 7) is 5.96. The Kier molecular flexibility index (Phi) is 2.87. The first-order valence-electron chi connectivity index (χ1n) is 4.70. The number of carbonyl (C=O) groups excluding carboxylic acids is 1. The second kappa shape index (κ2) is 3.74. The summed E-state index contributed by atoms with van der Waals surface area (Å²) in [7, 11) is 0. The van der Waals surface area contributed by atoms with Gasteiger partial charge in [-0.25, -0.2) is 0 Å². The van der Waals surface area contributed by atoms with Gasteiger partial charge in [0.25, 0.3) is 0 Å². The third-order valence-electron chi connectivity index (χ3n) is 2.74. The molecule has 0 fully saturated rings. The average molecular weight is 177 g/mol. The molecule has 0 saturated carbocycles. The second-order valence-corrected chi connectivity index (χ2v) is 4.00. The lowest BCUT2D eigenvalue weighted by molar-refractivity contribution is -0.119. The fourth-order valence-electron chi connectivity index (χ4n) is 1.56. The molecule has 0 unspecified atom stereocenters. The number of nitrogens with zero attached hydrogens (tertiary/aromatic N) is 1. The van der Waals surface area contributed by atoms with Gasteiger partial charge in [-0.05, 0) is 18.4 Å². The fraction of sp³-hybridized carbons (Fsp3) is 0.636. The highest BCUT2D eigenvalue weighted by molar-refractivity contribution is 5.93. The van der Waals surface area contributed by atoms with Crippen LogP contribution < -0.4 is 0 Å². The molecule has 2 atom stereocenters. The summed E-state index contributed by atoms with van der Waals surface area (Å²) in [4.78, 5) is 11.5. The summed E-state index contributed by atoms with van der Waals surface area (Å²) in [5, 5.41) is 8.85. The van der Waals surface area contributed by atoms with Gasteiger partial charge in [-0.2, -0.15) is 5.26 Å². The fourth-order valence-corrected chi connectivity index (χ4v) is 1.56. The molecule has 0 spiro atoms. The Bertz CT molecular complexity index is 283. The van der Waals surface area contributed by atoms with Gasteiger partial charge < -0.3 is 0 Å². The smallest absolute Gasteiger partial charge is 0.159 e. The van der Waals surface area contributed by atoms with E-state index < -0.39 is 0 Å². The SMILES string of the molecule is CC(C)C1=CC(=O)[C@H](C)[C@H](C#N)C1. The van der Waals surface area contributed by atoms with Crippen LogP contribution in [0.1, 0.15) is 27.2 Å². The molecule has 0 aliphatic heterocycles. The second-order valence-electron chi connectivity index (χ2n) is 4.00. The highest BCUT2D eigenvalue weighted by Crippen LogP contribution is 2.30. The van der Waals surface area contributed by atoms with Gasteiger partial charge >= 0.3 is 0 Å². The summed E-state index contributed by atoms with van der Waals surface area (Å²) in [5.74, 6) is 0.260. The van der Waals surface area contributed by atoms with Crippen molar-refractivity contribution < 1.29 is 4.79 Å². The molecule has 0 aromatic rings. The molecule has 0 aromatic carbocycles. The minimum atomic E-state index is -0.118. The zero-order valence-corrected chi connectivity index (χ0v) is 8.37. The van der Waals surface area contributed by atoms with E-state index in [0.717, 1.165) is 12.0 Å². The molecule has 0 N–H and O–H groups in total. The standard InChI is InChI=1S/C11H15NO/c1-7(2)9-4-10(6-12)8(3)11(13)5-9/h5,7-8,10H,4H2,1-3H3/t8-,10+/m1/s1. The Morgan fingerprint density at radius 1 is 1.62 bits per heavy atom. The molecule has 1 aliphatic carbocycles. The maximum absolute atomic E-state index is 11.5. The molecule has 0 aromatic heterocycles. The lowest BCUT2D eigenvalue weighted by Gasteiger charge is -2.24. The summed E-state index contributed by atoms with van der Waals surface area (Å²) < 4.78 is 0. The van der Waals surface area contributed by atoms with Crippen LogP contribution in [-0.4, -0.2) is 5.78 Å². The van der Waals surface area contributed by atoms with Crippen molar-refractivity contribution in [2.24, 2.45) is 17.8 Å². The van der Waals surface area contributed by atoms with Gasteiger partial charge in [-0.3, -0.25) is 4.79 Å². The Balaban J connectivity index is 2.90. The van der Waals surface area contributed by atoms with E-state index in [2.05, 4.69) is 19.9 Å². The lowest BCUT2D eigenvalue weighted by Crippen LogP contribution is -2.25. The first-order chi connectivity index (χ1) is 6.06. The Hall–Kier alpha value is -1.10. The minimum absolute atomic E-state index is 0.113. The Morgan fingerprint density at radius 2 is 2.23 bits per heavy atom. The van der Waals surface area contributed by atoms with Crippen LogP contribution in [0.5, 0.6) is 0 Å². The van der Waals surface area contributed by atoms with Crippen molar-refractivity contribution in [1.82, 2.24) is 0 Å². The Morgan fingerprint density at radius 3 is 2.69 bits per heavy atom. The van der Waals surface area contributed by atoms with Gasteiger partial charge in [-0.1, -0.05) is 26.3 Å². The Labute approximate surface area is 79.2 Å². The van der Waals surface area contributed by atoms with Gasteiger partial charge in [0.2, 0.25) is 0 Å². The number of ketones is 1. The highest BCUT2D eigenvalue weighted by Gasteiger charge is 2.28. The normalized spacial score (nSPS) is 28.5. The summed E-state index contributed by atoms with van der Waals surface area (Å²) in [6, 6.07) is 2.21. The summed E-state index contributed by atoms with van der Waals surface area (Å²) >= 11 is 0. The number of rotatable bonds is 1. The van der Waals surface area contributed by atoms with Crippen LogP contribution in [-0.2, 0) is 4.79 Å². The van der Waals surface area contributed by atoms with Gasteiger partial charge in [0.05, 0.1) is 12.0 Å². The quantitative estimate of drug-likeness (QED) is 0.616. The maximum atomic E-state index is 11.5. The first-order valence-corrected chi connectivity index (χ1v) is 4.70. The van der Waals surface area contributed by atoms with E-state index in [4.69, 9.17) is 5.26 Å². The number of hydrogen-bond donors (Lipinski definition) is 0. The van der Waals surface area contributed by atoms with E-state index in [1.165, 1.54) is 0 Å². The molecule has 0 radical (unpaired) electrons. The van der Waals surface area contributed by atoms with Crippen LogP contribution in [0.15, 0.2) is 11.6 Å². The van der Waals surface area contributed by atoms with E-state index >= 15 is 0 Å². The van der Waals surface area contributed by atoms with E-state index in [9.17, 15) is 4.79 Å². The molecule has 1 rings (SSSR count). The third-order valence-corrected chi connectivity index (χ3v) is 2.74. The molecular formula is C11H15NO. The van der Waals surface area contributed by atoms with Crippen molar-refractivity contribution in [2.45, 2.75) is 27.2 Å². The molecule has 70 valence electrons. The van der Waals surface area contributed by atoms with Crippen molar-refractivity contribution in [1.29, 1.82) is 5.26 Å². The first kappa shape index (κ1) is 9.98. The van der Waals surface area contributed by atoms with Crippen molar-refractivity contribution in [3.63, 3.8) is 0 Å². The average Bonchev–Trinajstić information content (AvgIpc) is 2.09. The van der Waals surface area contributed by atoms with Crippen LogP contribution in [0.3, 0.4) is 0 Å². The highest BCUT2D eigenvalue weighted by atomic mass is 16.1. The summed E-state index contributed by atoms with van der Waals surface area (Å²) in [6.07, 6.45) is 2.49. The summed E-state index contributed by atoms with van der Waals surface area (Å²) in [5.41, 5.74) is 1.12. The van der Waals surface area contributed by atoms with Crippen molar-refractivity contribution in [3.05, 3.63) is 11.6 Å². The van der Waals surface area contributed by atoms with Gasteiger partial charge in [0.15, 0.2) is 5.78 Å². The predicted molar refractivity (Wildman–Crippen MR) is 50.8 cm³/mol. The molecule has 2 heteroatoms. The van der Waals surface area contributed by atoms with Crippen molar-refractivity contribution in [2.75, 3.05) is 0 Å². The molecule has 1 aliphatic rings. The zero-order chi connectivity index (χ0) is 10.0. The van der Waals surface area contributed by atoms with Crippen LogP contribution in [0.25, 0.3) is 0 Å². The zero-order valence-electron chi connectivity index (χ0n) is 8.37. The topological polar surface area (TPSA) is 40.9 Å². The predicted octanol–water partition coefficient (Wildman–Crippen LogP) is 2.32. The van der Waals surface area contributed by atoms with Crippen LogP contribution in [0, 0.1) is 29.1 Å². The van der Waals surface area contributed by atoms with E-state index in [0.29, 0.717) is 5.92 Å². The molecule has 13 heavy (non-hydrogen) atoms. The van der Waals surface area contributed by atoms with E-state index in [1.54, 1.807) is 6.08 Å². The van der Waals surface area contributed by atoms with Crippen LogP contribution in [0.2, 0.25) is 0 Å². The molecule has 0 heterocycles. The molecule has 2 nitrogen and oxygen atoms in total. The third kappa shape index (κ3) is 1.98. The number of nitriles is 1. The lowest BCUT2D eigenvalue weighted by atomic mass is 9.78. The van der Waals surface area contributed by atoms with Gasteiger partial charge in [0.1, 0.15) is 0 Å². The molecule has 0 amide bonds.